The summed E-state index contributed by atoms with van der Waals surface area (Å²) in [6.45, 7) is 2.55. The van der Waals surface area contributed by atoms with Gasteiger partial charge in [-0.05, 0) is 57.6 Å². The van der Waals surface area contributed by atoms with Crippen LogP contribution in [0, 0.1) is 17.8 Å². The number of hydrogen-bond donors (Lipinski definition) is 1. The molecule has 2 amide bonds. The molecule has 47 heavy (non-hydrogen) atoms. The predicted octanol–water partition coefficient (Wildman–Crippen LogP) is 5.17. The molecule has 248 valence electrons. The van der Waals surface area contributed by atoms with Crippen molar-refractivity contribution in [3.63, 3.8) is 0 Å². The number of ether oxygens (including phenoxy) is 3. The Morgan fingerprint density at radius 1 is 1.06 bits per heavy atom. The molecule has 5 atom stereocenters. The van der Waals surface area contributed by atoms with Crippen molar-refractivity contribution in [2.45, 2.75) is 57.1 Å². The van der Waals surface area contributed by atoms with Gasteiger partial charge >= 0.3 is 5.97 Å². The summed E-state index contributed by atoms with van der Waals surface area (Å²) >= 11 is 0. The van der Waals surface area contributed by atoms with Crippen LogP contribution < -0.4 is 14.8 Å². The van der Waals surface area contributed by atoms with Crippen molar-refractivity contribution in [3.8, 4) is 22.8 Å². The zero-order chi connectivity index (χ0) is 33.1. The highest BCUT2D eigenvalue weighted by Gasteiger charge is 2.62. The topological polar surface area (TPSA) is 110 Å². The van der Waals surface area contributed by atoms with E-state index in [1.807, 2.05) is 74.8 Å². The lowest BCUT2D eigenvalue weighted by Gasteiger charge is -2.33. The number of allylic oxidation sites excluding steroid dienone is 1. The predicted molar refractivity (Wildman–Crippen MR) is 178 cm³/mol. The number of amides is 2. The van der Waals surface area contributed by atoms with Crippen molar-refractivity contribution in [1.82, 2.24) is 20.3 Å². The van der Waals surface area contributed by atoms with Crippen molar-refractivity contribution in [1.29, 1.82) is 0 Å². The fourth-order valence-corrected chi connectivity index (χ4v) is 6.99. The Bertz CT molecular complexity index is 1660. The molecular weight excluding hydrogens is 596 g/mol. The van der Waals surface area contributed by atoms with Gasteiger partial charge < -0.3 is 19.5 Å². The number of nitrogens with zero attached hydrogens (tertiary/aromatic N) is 3. The fourth-order valence-electron chi connectivity index (χ4n) is 6.99. The van der Waals surface area contributed by atoms with Gasteiger partial charge in [0.15, 0.2) is 0 Å². The first kappa shape index (κ1) is 32.5. The summed E-state index contributed by atoms with van der Waals surface area (Å²) in [4.78, 5) is 46.5. The molecule has 3 aliphatic rings. The fraction of sp³-hybridized carbons (Fsp3) is 0.459. The molecule has 2 saturated carbocycles. The van der Waals surface area contributed by atoms with Crippen molar-refractivity contribution in [2.24, 2.45) is 17.8 Å². The number of fused-ring (bicyclic) bond motifs is 3. The van der Waals surface area contributed by atoms with E-state index in [0.717, 1.165) is 35.9 Å². The second kappa shape index (κ2) is 13.7. The minimum absolute atomic E-state index is 0.110. The molecule has 2 aromatic carbocycles. The summed E-state index contributed by atoms with van der Waals surface area (Å²) in [6.07, 6.45) is 7.40. The molecule has 3 aromatic rings. The Balaban J connectivity index is 1.35. The van der Waals surface area contributed by atoms with E-state index >= 15 is 0 Å². The van der Waals surface area contributed by atoms with Gasteiger partial charge in [0.25, 0.3) is 0 Å². The summed E-state index contributed by atoms with van der Waals surface area (Å²) in [5, 5.41) is 7.43. The van der Waals surface area contributed by atoms with Crippen molar-refractivity contribution < 1.29 is 28.6 Å². The van der Waals surface area contributed by atoms with Crippen molar-refractivity contribution >= 4 is 28.7 Å². The van der Waals surface area contributed by atoms with Gasteiger partial charge in [-0.15, -0.1) is 0 Å². The number of hydrazine groups is 1. The minimum atomic E-state index is -1.10. The van der Waals surface area contributed by atoms with E-state index in [1.165, 1.54) is 0 Å². The summed E-state index contributed by atoms with van der Waals surface area (Å²) < 4.78 is 17.6. The molecule has 0 saturated heterocycles. The Morgan fingerprint density at radius 2 is 1.85 bits per heavy atom. The quantitative estimate of drug-likeness (QED) is 0.279. The third-order valence-corrected chi connectivity index (χ3v) is 9.61. The number of aromatic nitrogens is 1. The van der Waals surface area contributed by atoms with Crippen LogP contribution in [-0.2, 0) is 19.1 Å². The monoisotopic (exact) mass is 640 g/mol. The number of hydrogen-bond acceptors (Lipinski definition) is 8. The Hall–Kier alpha value is -4.44. The van der Waals surface area contributed by atoms with E-state index in [1.54, 1.807) is 24.1 Å². The molecule has 0 bridgehead atoms. The van der Waals surface area contributed by atoms with E-state index < -0.39 is 29.4 Å². The lowest BCUT2D eigenvalue weighted by atomic mass is 9.93. The van der Waals surface area contributed by atoms with Crippen molar-refractivity contribution in [3.05, 3.63) is 66.7 Å². The number of esters is 1. The van der Waals surface area contributed by atoms with Crippen LogP contribution in [0.5, 0.6) is 11.5 Å². The summed E-state index contributed by atoms with van der Waals surface area (Å²) in [5.74, 6) is -0.989. The van der Waals surface area contributed by atoms with E-state index in [9.17, 15) is 14.4 Å². The first-order valence-corrected chi connectivity index (χ1v) is 16.6. The molecule has 1 aliphatic heterocycles. The van der Waals surface area contributed by atoms with E-state index in [-0.39, 0.29) is 24.3 Å². The van der Waals surface area contributed by atoms with Crippen LogP contribution in [0.15, 0.2) is 66.7 Å². The molecule has 0 radical (unpaired) electrons. The molecule has 1 aromatic heterocycles. The van der Waals surface area contributed by atoms with Gasteiger partial charge in [0.05, 0.1) is 36.8 Å². The maximum absolute atomic E-state index is 14.2. The number of rotatable bonds is 7. The molecule has 0 spiro atoms. The number of carbonyl (C=O) groups is 3. The second-order valence-corrected chi connectivity index (χ2v) is 12.9. The summed E-state index contributed by atoms with van der Waals surface area (Å²) in [7, 11) is 5.33. The molecule has 10 nitrogen and oxygen atoms in total. The van der Waals surface area contributed by atoms with Crippen LogP contribution in [-0.4, -0.2) is 78.8 Å². The zero-order valence-corrected chi connectivity index (χ0v) is 27.6. The van der Waals surface area contributed by atoms with Crippen molar-refractivity contribution in [2.75, 3.05) is 34.4 Å². The van der Waals surface area contributed by atoms with Gasteiger partial charge in [-0.25, -0.2) is 14.8 Å². The van der Waals surface area contributed by atoms with Crippen LogP contribution in [0.2, 0.25) is 0 Å². The molecular formula is C37H44N4O6. The normalized spacial score (nSPS) is 26.3. The Morgan fingerprint density at radius 3 is 2.60 bits per heavy atom. The average molecular weight is 641 g/mol. The minimum Gasteiger partial charge on any atom is -0.497 e. The van der Waals surface area contributed by atoms with Crippen LogP contribution in [0.25, 0.3) is 22.2 Å². The van der Waals surface area contributed by atoms with E-state index in [0.29, 0.717) is 42.8 Å². The third kappa shape index (κ3) is 6.70. The molecule has 6 rings (SSSR count). The lowest BCUT2D eigenvalue weighted by molar-refractivity contribution is -0.154. The largest absolute Gasteiger partial charge is 0.497 e. The number of carbonyl (C=O) groups excluding carboxylic acids is 3. The number of methoxy groups -OCH3 is 1. The van der Waals surface area contributed by atoms with Crippen LogP contribution in [0.1, 0.15) is 45.4 Å². The molecule has 2 fully saturated rings. The summed E-state index contributed by atoms with van der Waals surface area (Å²) in [6, 6.07) is 17.5. The average Bonchev–Trinajstić information content (AvgIpc) is 3.60. The highest BCUT2D eigenvalue weighted by molar-refractivity contribution is 5.95. The second-order valence-electron chi connectivity index (χ2n) is 12.9. The number of benzene rings is 2. The van der Waals surface area contributed by atoms with Gasteiger partial charge in [0.1, 0.15) is 23.1 Å². The maximum atomic E-state index is 14.2. The van der Waals surface area contributed by atoms with Gasteiger partial charge in [0.2, 0.25) is 11.8 Å². The first-order chi connectivity index (χ1) is 22.7. The van der Waals surface area contributed by atoms with E-state index in [2.05, 4.69) is 11.4 Å². The van der Waals surface area contributed by atoms with Crippen LogP contribution in [0.4, 0.5) is 0 Å². The Kier molecular flexibility index (Phi) is 9.50. The van der Waals surface area contributed by atoms with E-state index in [4.69, 9.17) is 19.2 Å². The zero-order valence-electron chi connectivity index (χ0n) is 27.6. The summed E-state index contributed by atoms with van der Waals surface area (Å²) in [5.41, 5.74) is 1.30. The third-order valence-electron chi connectivity index (χ3n) is 9.61. The maximum Gasteiger partial charge on any atom is 0.332 e. The standard InChI is InChI=1S/C37H44N4O6/c1-5-46-36(44)37-23-25(37)15-11-6-7-12-18-41(40(2)3)35(43)30-20-27(19-29(30)34(42)39-37)47-33-22-31(24-13-9-8-10-14-24)38-32-21-26(45-4)16-17-28(32)33/h8-11,13-17,21-22,25,27,29-30H,5-7,12,18-20,23H2,1-4H3,(H,39,42)/t25?,27-,29-,30-,37-/m1/s1. The number of pyridine rings is 1. The highest BCUT2D eigenvalue weighted by Crippen LogP contribution is 2.47. The molecule has 1 unspecified atom stereocenters. The van der Waals surface area contributed by atoms with Crippen LogP contribution in [0.3, 0.4) is 0 Å². The van der Waals surface area contributed by atoms with Gasteiger partial charge in [-0.1, -0.05) is 42.5 Å². The highest BCUT2D eigenvalue weighted by atomic mass is 16.5. The Labute approximate surface area is 276 Å². The van der Waals surface area contributed by atoms with Gasteiger partial charge in [0, 0.05) is 49.6 Å². The molecule has 10 heteroatoms. The molecule has 2 heterocycles. The molecule has 2 aliphatic carbocycles. The van der Waals surface area contributed by atoms with Gasteiger partial charge in [-0.3, -0.25) is 14.6 Å². The smallest absolute Gasteiger partial charge is 0.332 e. The number of nitrogens with one attached hydrogen (secondary N) is 1. The van der Waals surface area contributed by atoms with Crippen LogP contribution >= 0.6 is 0 Å². The SMILES string of the molecule is CCOC(=O)[C@@]12CC1C=CCCCCN(N(C)C)C(=O)[C@@H]1C[C@H](Oc3cc(-c4ccccc4)nc4cc(OC)ccc34)C[C@H]1C(=O)N2. The first-order valence-electron chi connectivity index (χ1n) is 16.6. The van der Waals surface area contributed by atoms with Gasteiger partial charge in [-0.2, -0.15) is 0 Å². The lowest BCUT2D eigenvalue weighted by Crippen LogP contribution is -2.51. The molecule has 1 N–H and O–H groups in total.